The molecule has 3 rings (SSSR count). The highest BCUT2D eigenvalue weighted by Crippen LogP contribution is 2.14. The third-order valence-electron chi connectivity index (χ3n) is 4.85. The molecule has 3 amide bonds. The number of hydrogen-bond acceptors (Lipinski definition) is 4. The molecular weight excluding hydrogens is 374 g/mol. The smallest absolute Gasteiger partial charge is 0.312 e. The summed E-state index contributed by atoms with van der Waals surface area (Å²) in [6.07, 6.45) is 0. The zero-order valence-electron chi connectivity index (χ0n) is 16.2. The highest BCUT2D eigenvalue weighted by atomic mass is 32.1. The van der Waals surface area contributed by atoms with Crippen LogP contribution in [0.5, 0.6) is 0 Å². The summed E-state index contributed by atoms with van der Waals surface area (Å²) >= 11 is 1.59. The number of aryl methyl sites for hydroxylation is 1. The first kappa shape index (κ1) is 20.1. The Kier molecular flexibility index (Phi) is 6.46. The zero-order valence-corrected chi connectivity index (χ0v) is 17.0. The van der Waals surface area contributed by atoms with E-state index in [1.165, 1.54) is 4.90 Å². The molecule has 2 heterocycles. The Hall–Kier alpha value is -2.67. The van der Waals surface area contributed by atoms with Gasteiger partial charge in [-0.2, -0.15) is 0 Å². The normalized spacial score (nSPS) is 15.6. The van der Waals surface area contributed by atoms with E-state index in [1.54, 1.807) is 23.2 Å². The van der Waals surface area contributed by atoms with Crippen LogP contribution < -0.4 is 5.32 Å². The number of nitrogens with one attached hydrogen (secondary N) is 1. The SMILES string of the molecule is Cc1ccc(CN2CCN(C[C@H](C)C(=O)NCc3cccs3)C(=O)C2=O)cc1. The van der Waals surface area contributed by atoms with Crippen molar-refractivity contribution in [2.75, 3.05) is 19.6 Å². The van der Waals surface area contributed by atoms with Crippen molar-refractivity contribution in [1.82, 2.24) is 15.1 Å². The highest BCUT2D eigenvalue weighted by Gasteiger charge is 2.33. The molecule has 0 spiro atoms. The van der Waals surface area contributed by atoms with Crippen LogP contribution in [0.1, 0.15) is 22.9 Å². The van der Waals surface area contributed by atoms with E-state index in [-0.39, 0.29) is 18.4 Å². The van der Waals surface area contributed by atoms with Crippen molar-refractivity contribution >= 4 is 29.1 Å². The van der Waals surface area contributed by atoms with E-state index in [1.807, 2.05) is 48.7 Å². The second-order valence-electron chi connectivity index (χ2n) is 7.16. The Labute approximate surface area is 169 Å². The fourth-order valence-electron chi connectivity index (χ4n) is 3.13. The summed E-state index contributed by atoms with van der Waals surface area (Å²) in [5, 5.41) is 4.85. The summed E-state index contributed by atoms with van der Waals surface area (Å²) in [5.74, 6) is -1.52. The Balaban J connectivity index is 1.50. The van der Waals surface area contributed by atoms with Gasteiger partial charge < -0.3 is 15.1 Å². The largest absolute Gasteiger partial charge is 0.351 e. The summed E-state index contributed by atoms with van der Waals surface area (Å²) < 4.78 is 0. The third-order valence-corrected chi connectivity index (χ3v) is 5.73. The average molecular weight is 400 g/mol. The minimum Gasteiger partial charge on any atom is -0.351 e. The number of piperazine rings is 1. The first-order valence-electron chi connectivity index (χ1n) is 9.38. The number of carbonyl (C=O) groups is 3. The van der Waals surface area contributed by atoms with E-state index in [4.69, 9.17) is 0 Å². The molecule has 148 valence electrons. The molecule has 0 bridgehead atoms. The Bertz CT molecular complexity index is 833. The van der Waals surface area contributed by atoms with Gasteiger partial charge in [-0.3, -0.25) is 14.4 Å². The van der Waals surface area contributed by atoms with E-state index >= 15 is 0 Å². The van der Waals surface area contributed by atoms with Crippen molar-refractivity contribution in [2.24, 2.45) is 5.92 Å². The molecule has 1 aromatic carbocycles. The van der Waals surface area contributed by atoms with E-state index < -0.39 is 11.8 Å². The van der Waals surface area contributed by atoms with E-state index in [0.29, 0.717) is 26.2 Å². The van der Waals surface area contributed by atoms with Crippen LogP contribution in [0.4, 0.5) is 0 Å². The van der Waals surface area contributed by atoms with Gasteiger partial charge in [-0.05, 0) is 23.9 Å². The first-order valence-corrected chi connectivity index (χ1v) is 10.3. The van der Waals surface area contributed by atoms with Crippen LogP contribution in [0, 0.1) is 12.8 Å². The van der Waals surface area contributed by atoms with Gasteiger partial charge in [0.2, 0.25) is 5.91 Å². The topological polar surface area (TPSA) is 69.7 Å². The van der Waals surface area contributed by atoms with Crippen molar-refractivity contribution in [3.63, 3.8) is 0 Å². The number of benzene rings is 1. The van der Waals surface area contributed by atoms with E-state index in [9.17, 15) is 14.4 Å². The second kappa shape index (κ2) is 9.01. The molecule has 1 N–H and O–H groups in total. The molecule has 1 fully saturated rings. The maximum Gasteiger partial charge on any atom is 0.312 e. The lowest BCUT2D eigenvalue weighted by Crippen LogP contribution is -2.55. The van der Waals surface area contributed by atoms with Gasteiger partial charge in [-0.1, -0.05) is 42.8 Å². The number of nitrogens with zero attached hydrogens (tertiary/aromatic N) is 2. The molecule has 1 aliphatic heterocycles. The summed E-state index contributed by atoms with van der Waals surface area (Å²) in [6, 6.07) is 11.8. The van der Waals surface area contributed by atoms with Crippen molar-refractivity contribution in [3.05, 3.63) is 57.8 Å². The van der Waals surface area contributed by atoms with Crippen molar-refractivity contribution in [2.45, 2.75) is 26.9 Å². The lowest BCUT2D eigenvalue weighted by molar-refractivity contribution is -0.157. The van der Waals surface area contributed by atoms with Crippen LogP contribution in [0.15, 0.2) is 41.8 Å². The van der Waals surface area contributed by atoms with Gasteiger partial charge >= 0.3 is 11.8 Å². The predicted molar refractivity (Wildman–Crippen MR) is 109 cm³/mol. The van der Waals surface area contributed by atoms with Crippen molar-refractivity contribution < 1.29 is 14.4 Å². The van der Waals surface area contributed by atoms with Gasteiger partial charge in [-0.15, -0.1) is 11.3 Å². The highest BCUT2D eigenvalue weighted by molar-refractivity contribution is 7.09. The maximum absolute atomic E-state index is 12.5. The van der Waals surface area contributed by atoms with Gasteiger partial charge in [0.15, 0.2) is 0 Å². The van der Waals surface area contributed by atoms with Crippen LogP contribution in [0.3, 0.4) is 0 Å². The maximum atomic E-state index is 12.5. The molecule has 0 radical (unpaired) electrons. The minimum atomic E-state index is -0.531. The molecule has 0 unspecified atom stereocenters. The molecule has 1 aliphatic rings. The molecule has 0 saturated carbocycles. The van der Waals surface area contributed by atoms with Gasteiger partial charge in [0.05, 0.1) is 12.5 Å². The molecule has 2 aromatic rings. The molecule has 6 nitrogen and oxygen atoms in total. The molecule has 0 aliphatic carbocycles. The molecule has 1 saturated heterocycles. The molecule has 1 aromatic heterocycles. The third kappa shape index (κ3) is 4.98. The quantitative estimate of drug-likeness (QED) is 0.726. The van der Waals surface area contributed by atoms with Gasteiger partial charge in [0.1, 0.15) is 0 Å². The Morgan fingerprint density at radius 2 is 1.79 bits per heavy atom. The van der Waals surface area contributed by atoms with E-state index in [0.717, 1.165) is 16.0 Å². The van der Waals surface area contributed by atoms with Gasteiger partial charge in [0.25, 0.3) is 0 Å². The molecule has 7 heteroatoms. The Morgan fingerprint density at radius 1 is 1.11 bits per heavy atom. The van der Waals surface area contributed by atoms with Crippen molar-refractivity contribution in [1.29, 1.82) is 0 Å². The summed E-state index contributed by atoms with van der Waals surface area (Å²) in [4.78, 5) is 41.4. The molecule has 28 heavy (non-hydrogen) atoms. The molecule has 1 atom stereocenters. The van der Waals surface area contributed by atoms with Crippen LogP contribution in [0.25, 0.3) is 0 Å². The van der Waals surface area contributed by atoms with Crippen LogP contribution in [0.2, 0.25) is 0 Å². The van der Waals surface area contributed by atoms with E-state index in [2.05, 4.69) is 5.32 Å². The standard InChI is InChI=1S/C21H25N3O3S/c1-15-5-7-17(8-6-15)14-24-10-9-23(20(26)21(24)27)13-16(2)19(25)22-12-18-4-3-11-28-18/h3-8,11,16H,9-10,12-14H2,1-2H3,(H,22,25)/t16-/m0/s1. The average Bonchev–Trinajstić information content (AvgIpc) is 3.21. The zero-order chi connectivity index (χ0) is 20.1. The Morgan fingerprint density at radius 3 is 2.46 bits per heavy atom. The second-order valence-corrected chi connectivity index (χ2v) is 8.19. The van der Waals surface area contributed by atoms with Gasteiger partial charge in [-0.25, -0.2) is 0 Å². The van der Waals surface area contributed by atoms with Crippen LogP contribution >= 0.6 is 11.3 Å². The summed E-state index contributed by atoms with van der Waals surface area (Å²) in [6.45, 7) is 5.86. The van der Waals surface area contributed by atoms with Crippen LogP contribution in [-0.4, -0.2) is 47.2 Å². The lowest BCUT2D eigenvalue weighted by Gasteiger charge is -2.34. The molecular formula is C21H25N3O3S. The first-order chi connectivity index (χ1) is 13.4. The fourth-order valence-corrected chi connectivity index (χ4v) is 3.77. The monoisotopic (exact) mass is 399 g/mol. The minimum absolute atomic E-state index is 0.115. The van der Waals surface area contributed by atoms with Gasteiger partial charge in [0, 0.05) is 31.1 Å². The number of rotatable bonds is 7. The predicted octanol–water partition coefficient (Wildman–Crippen LogP) is 2.18. The van der Waals surface area contributed by atoms with Crippen molar-refractivity contribution in [3.8, 4) is 0 Å². The van der Waals surface area contributed by atoms with Crippen LogP contribution in [-0.2, 0) is 27.5 Å². The lowest BCUT2D eigenvalue weighted by atomic mass is 10.1. The summed E-state index contributed by atoms with van der Waals surface area (Å²) in [5.41, 5.74) is 2.16. The fraction of sp³-hybridized carbons (Fsp3) is 0.381. The number of carbonyl (C=O) groups excluding carboxylic acids is 3. The number of amides is 3. The number of hydrogen-bond donors (Lipinski definition) is 1. The number of thiophene rings is 1. The summed E-state index contributed by atoms with van der Waals surface area (Å²) in [7, 11) is 0.